The molecule has 3 N–H and O–H groups in total. The molecule has 0 fully saturated rings. The van der Waals surface area contributed by atoms with E-state index in [2.05, 4.69) is 10.3 Å². The predicted molar refractivity (Wildman–Crippen MR) is 98.7 cm³/mol. The second-order valence-electron chi connectivity index (χ2n) is 5.88. The minimum absolute atomic E-state index is 0.117. The summed E-state index contributed by atoms with van der Waals surface area (Å²) in [6.45, 7) is 0.245. The third kappa shape index (κ3) is 3.24. The second kappa shape index (κ2) is 6.69. The van der Waals surface area contributed by atoms with E-state index in [0.717, 1.165) is 5.56 Å². The van der Waals surface area contributed by atoms with Gasteiger partial charge in [-0.15, -0.1) is 0 Å². The van der Waals surface area contributed by atoms with Crippen LogP contribution >= 0.6 is 0 Å². The molecule has 7 nitrogen and oxygen atoms in total. The van der Waals surface area contributed by atoms with E-state index in [4.69, 9.17) is 15.2 Å². The molecule has 0 radical (unpaired) electrons. The van der Waals surface area contributed by atoms with Crippen molar-refractivity contribution in [3.63, 3.8) is 0 Å². The number of carbonyl (C=O) groups is 1. The number of nitrogens with zero attached hydrogens (tertiary/aromatic N) is 2. The van der Waals surface area contributed by atoms with E-state index < -0.39 is 0 Å². The highest BCUT2D eigenvalue weighted by Gasteiger charge is 2.21. The Kier molecular flexibility index (Phi) is 4.07. The number of nitriles is 1. The van der Waals surface area contributed by atoms with E-state index in [1.807, 2.05) is 30.3 Å². The summed E-state index contributed by atoms with van der Waals surface area (Å²) in [6, 6.07) is 17.9. The summed E-state index contributed by atoms with van der Waals surface area (Å²) in [4.78, 5) is 15.9. The first-order chi connectivity index (χ1) is 13.1. The summed E-state index contributed by atoms with van der Waals surface area (Å²) in [5, 5.41) is 12.5. The van der Waals surface area contributed by atoms with E-state index in [0.29, 0.717) is 22.8 Å². The Labute approximate surface area is 155 Å². The summed E-state index contributed by atoms with van der Waals surface area (Å²) in [5.41, 5.74) is 8.49. The van der Waals surface area contributed by atoms with Crippen molar-refractivity contribution in [1.82, 2.24) is 4.98 Å². The number of carbonyl (C=O) groups excluding carboxylic acids is 1. The Morgan fingerprint density at radius 1 is 1.19 bits per heavy atom. The molecular formula is C20H14N4O3. The SMILES string of the molecule is N#Cc1c(N)cc(Nc2ccc3c(c2)COC3=O)nc1Oc1ccccc1. The van der Waals surface area contributed by atoms with Crippen LogP contribution < -0.4 is 15.8 Å². The molecular weight excluding hydrogens is 344 g/mol. The molecule has 1 aliphatic rings. The summed E-state index contributed by atoms with van der Waals surface area (Å²) in [5.74, 6) is 0.760. The zero-order chi connectivity index (χ0) is 18.8. The molecule has 0 saturated carbocycles. The van der Waals surface area contributed by atoms with E-state index in [-0.39, 0.29) is 29.7 Å². The van der Waals surface area contributed by atoms with Gasteiger partial charge in [0.05, 0.1) is 11.3 Å². The number of rotatable bonds is 4. The Bertz CT molecular complexity index is 1070. The molecule has 132 valence electrons. The molecule has 1 aliphatic heterocycles. The van der Waals surface area contributed by atoms with Crippen LogP contribution in [-0.4, -0.2) is 11.0 Å². The zero-order valence-electron chi connectivity index (χ0n) is 14.1. The molecule has 0 unspecified atom stereocenters. The molecule has 4 rings (SSSR count). The fraction of sp³-hybridized carbons (Fsp3) is 0.0500. The monoisotopic (exact) mass is 358 g/mol. The standard InChI is InChI=1S/C20H14N4O3/c21-10-16-17(22)9-18(24-19(16)27-14-4-2-1-3-5-14)23-13-6-7-15-12(8-13)11-26-20(15)25/h1-9H,11H2,(H3,22,23,24). The first-order valence-corrected chi connectivity index (χ1v) is 8.14. The van der Waals surface area contributed by atoms with Gasteiger partial charge in [0.15, 0.2) is 0 Å². The van der Waals surface area contributed by atoms with Crippen molar-refractivity contribution < 1.29 is 14.3 Å². The van der Waals surface area contributed by atoms with Crippen LogP contribution in [0.2, 0.25) is 0 Å². The van der Waals surface area contributed by atoms with Gasteiger partial charge in [-0.2, -0.15) is 10.2 Å². The molecule has 0 amide bonds. The van der Waals surface area contributed by atoms with Crippen molar-refractivity contribution in [1.29, 1.82) is 5.26 Å². The van der Waals surface area contributed by atoms with Crippen molar-refractivity contribution in [3.8, 4) is 17.7 Å². The number of fused-ring (bicyclic) bond motifs is 1. The molecule has 27 heavy (non-hydrogen) atoms. The molecule has 0 saturated heterocycles. The average Bonchev–Trinajstić information content (AvgIpc) is 3.03. The molecule has 7 heteroatoms. The highest BCUT2D eigenvalue weighted by molar-refractivity contribution is 5.94. The number of cyclic esters (lactones) is 1. The van der Waals surface area contributed by atoms with Crippen LogP contribution in [0.1, 0.15) is 21.5 Å². The average molecular weight is 358 g/mol. The second-order valence-corrected chi connectivity index (χ2v) is 5.88. The highest BCUT2D eigenvalue weighted by atomic mass is 16.5. The largest absolute Gasteiger partial charge is 0.457 e. The Balaban J connectivity index is 1.66. The lowest BCUT2D eigenvalue weighted by Crippen LogP contribution is -2.02. The third-order valence-electron chi connectivity index (χ3n) is 4.04. The maximum atomic E-state index is 11.5. The molecule has 0 aliphatic carbocycles. The number of nitrogens with two attached hydrogens (primary N) is 1. The zero-order valence-corrected chi connectivity index (χ0v) is 14.1. The lowest BCUT2D eigenvalue weighted by molar-refractivity contribution is 0.0535. The van der Waals surface area contributed by atoms with Crippen LogP contribution in [-0.2, 0) is 11.3 Å². The van der Waals surface area contributed by atoms with Crippen molar-refractivity contribution in [2.75, 3.05) is 11.1 Å². The van der Waals surface area contributed by atoms with Crippen molar-refractivity contribution in [2.24, 2.45) is 0 Å². The number of ether oxygens (including phenoxy) is 2. The lowest BCUT2D eigenvalue weighted by Gasteiger charge is -2.12. The van der Waals surface area contributed by atoms with E-state index in [9.17, 15) is 10.1 Å². The minimum atomic E-state index is -0.323. The van der Waals surface area contributed by atoms with Crippen LogP contribution in [0.25, 0.3) is 0 Å². The first kappa shape index (κ1) is 16.4. The van der Waals surface area contributed by atoms with Gasteiger partial charge < -0.3 is 20.5 Å². The number of para-hydroxylation sites is 1. The van der Waals surface area contributed by atoms with Gasteiger partial charge in [0.2, 0.25) is 5.88 Å². The van der Waals surface area contributed by atoms with Gasteiger partial charge in [0.1, 0.15) is 29.8 Å². The minimum Gasteiger partial charge on any atom is -0.457 e. The lowest BCUT2D eigenvalue weighted by atomic mass is 10.1. The Morgan fingerprint density at radius 2 is 2.00 bits per heavy atom. The summed E-state index contributed by atoms with van der Waals surface area (Å²) < 4.78 is 10.7. The van der Waals surface area contributed by atoms with Crippen LogP contribution in [0.4, 0.5) is 17.2 Å². The third-order valence-corrected chi connectivity index (χ3v) is 4.04. The number of hydrogen-bond donors (Lipinski definition) is 2. The van der Waals surface area contributed by atoms with Crippen molar-refractivity contribution in [2.45, 2.75) is 6.61 Å². The molecule has 1 aromatic heterocycles. The van der Waals surface area contributed by atoms with E-state index in [1.165, 1.54) is 0 Å². The smallest absolute Gasteiger partial charge is 0.338 e. The number of esters is 1. The van der Waals surface area contributed by atoms with Gasteiger partial charge in [0.25, 0.3) is 0 Å². The van der Waals surface area contributed by atoms with Crippen LogP contribution in [0.5, 0.6) is 11.6 Å². The summed E-state index contributed by atoms with van der Waals surface area (Å²) in [7, 11) is 0. The number of anilines is 3. The molecule has 2 heterocycles. The summed E-state index contributed by atoms with van der Waals surface area (Å²) >= 11 is 0. The van der Waals surface area contributed by atoms with E-state index >= 15 is 0 Å². The molecule has 3 aromatic rings. The molecule has 0 atom stereocenters. The maximum absolute atomic E-state index is 11.5. The fourth-order valence-corrected chi connectivity index (χ4v) is 2.75. The quantitative estimate of drug-likeness (QED) is 0.683. The number of benzene rings is 2. The number of hydrogen-bond acceptors (Lipinski definition) is 7. The molecule has 2 aromatic carbocycles. The molecule has 0 bridgehead atoms. The Morgan fingerprint density at radius 3 is 2.78 bits per heavy atom. The number of nitrogens with one attached hydrogen (secondary N) is 1. The maximum Gasteiger partial charge on any atom is 0.338 e. The normalized spacial score (nSPS) is 12.0. The van der Waals surface area contributed by atoms with Gasteiger partial charge in [-0.3, -0.25) is 0 Å². The Hall–Kier alpha value is -4.05. The fourth-order valence-electron chi connectivity index (χ4n) is 2.75. The number of pyridine rings is 1. The van der Waals surface area contributed by atoms with Crippen LogP contribution in [0, 0.1) is 11.3 Å². The molecule has 0 spiro atoms. The topological polar surface area (TPSA) is 110 Å². The van der Waals surface area contributed by atoms with Crippen molar-refractivity contribution >= 4 is 23.2 Å². The predicted octanol–water partition coefficient (Wildman–Crippen LogP) is 3.74. The van der Waals surface area contributed by atoms with Gasteiger partial charge in [-0.1, -0.05) is 18.2 Å². The van der Waals surface area contributed by atoms with Crippen molar-refractivity contribution in [3.05, 3.63) is 71.3 Å². The number of nitrogen functional groups attached to an aromatic ring is 1. The van der Waals surface area contributed by atoms with Gasteiger partial charge >= 0.3 is 5.97 Å². The van der Waals surface area contributed by atoms with Crippen LogP contribution in [0.15, 0.2) is 54.6 Å². The van der Waals surface area contributed by atoms with Crippen LogP contribution in [0.3, 0.4) is 0 Å². The van der Waals surface area contributed by atoms with Gasteiger partial charge in [-0.25, -0.2) is 4.79 Å². The highest BCUT2D eigenvalue weighted by Crippen LogP contribution is 2.31. The van der Waals surface area contributed by atoms with Gasteiger partial charge in [0, 0.05) is 17.3 Å². The number of aromatic nitrogens is 1. The summed E-state index contributed by atoms with van der Waals surface area (Å²) in [6.07, 6.45) is 0. The first-order valence-electron chi connectivity index (χ1n) is 8.14. The van der Waals surface area contributed by atoms with E-state index in [1.54, 1.807) is 30.3 Å². The van der Waals surface area contributed by atoms with Gasteiger partial charge in [-0.05, 0) is 30.3 Å².